The Bertz CT molecular complexity index is 1190. The lowest BCUT2D eigenvalue weighted by Gasteiger charge is -2.28. The summed E-state index contributed by atoms with van der Waals surface area (Å²) in [4.78, 5) is 77.1. The second-order valence-corrected chi connectivity index (χ2v) is 14.3. The molecule has 0 spiro atoms. The van der Waals surface area contributed by atoms with Crippen LogP contribution in [-0.4, -0.2) is 118 Å². The summed E-state index contributed by atoms with van der Waals surface area (Å²) in [5.41, 5.74) is 5.46. The van der Waals surface area contributed by atoms with Crippen molar-refractivity contribution in [2.45, 2.75) is 89.1 Å². The molecule has 16 nitrogen and oxygen atoms in total. The summed E-state index contributed by atoms with van der Waals surface area (Å²) in [5, 5.41) is 27.5. The minimum Gasteiger partial charge on any atom is -0.369 e. The normalized spacial score (nSPS) is 31.2. The molecule has 4 aliphatic rings. The van der Waals surface area contributed by atoms with Gasteiger partial charge in [0.15, 0.2) is 0 Å². The van der Waals surface area contributed by atoms with Gasteiger partial charge in [0.05, 0.1) is 41.8 Å². The Hall–Kier alpha value is -3.34. The highest BCUT2D eigenvalue weighted by atomic mass is 16.2. The van der Waals surface area contributed by atoms with Gasteiger partial charge >= 0.3 is 0 Å². The maximum atomic E-state index is 13.4. The van der Waals surface area contributed by atoms with Crippen LogP contribution in [0.25, 0.3) is 0 Å². The van der Waals surface area contributed by atoms with Crippen LogP contribution in [0.1, 0.15) is 52.9 Å². The van der Waals surface area contributed by atoms with Gasteiger partial charge in [0.2, 0.25) is 35.4 Å². The van der Waals surface area contributed by atoms with Crippen LogP contribution in [0.3, 0.4) is 0 Å². The van der Waals surface area contributed by atoms with Gasteiger partial charge in [-0.05, 0) is 32.7 Å². The fourth-order valence-corrected chi connectivity index (χ4v) is 7.40. The van der Waals surface area contributed by atoms with E-state index in [1.54, 1.807) is 6.92 Å². The van der Waals surface area contributed by atoms with Crippen LogP contribution < -0.4 is 53.6 Å². The Labute approximate surface area is 282 Å². The third kappa shape index (κ3) is 9.86. The molecule has 10 atom stereocenters. The molecule has 0 aromatic carbocycles. The van der Waals surface area contributed by atoms with Crippen molar-refractivity contribution >= 4 is 35.4 Å². The Morgan fingerprint density at radius 1 is 0.625 bits per heavy atom. The summed E-state index contributed by atoms with van der Waals surface area (Å²) in [7, 11) is 1.86. The number of amides is 6. The van der Waals surface area contributed by atoms with Crippen molar-refractivity contribution in [3.05, 3.63) is 0 Å². The number of hydrogen-bond acceptors (Lipinski definition) is 10. The standard InChI is InChI=1S/C32H56N10O6/c1-16(2)23(9-28(44)39-24-13-35-10-19(24)29(33)45)41-31(47)21-12-37-15-26(21)42-32(48)20-11-36-14-25(20)40-27(43)8-17(3)38-30(46)18-6-5-7-22(18)34-4/h16-26,34-37H,5-15H2,1-4H3,(H2,33,45)(H,38,46)(H,39,44)(H,40,43)(H,41,47)(H,42,48)/t17-,18?,19?,20?,21?,22?,23+,24?,25?,26?/m0/s1. The molecule has 0 aromatic rings. The van der Waals surface area contributed by atoms with E-state index >= 15 is 0 Å². The van der Waals surface area contributed by atoms with Crippen molar-refractivity contribution in [2.75, 3.05) is 46.3 Å². The quantitative estimate of drug-likeness (QED) is 0.0818. The first-order valence-electron chi connectivity index (χ1n) is 17.5. The first-order valence-corrected chi connectivity index (χ1v) is 17.5. The van der Waals surface area contributed by atoms with E-state index in [9.17, 15) is 28.8 Å². The highest BCUT2D eigenvalue weighted by molar-refractivity contribution is 5.86. The lowest BCUT2D eigenvalue weighted by Crippen LogP contribution is -2.54. The van der Waals surface area contributed by atoms with Crippen LogP contribution in [0, 0.1) is 29.6 Å². The van der Waals surface area contributed by atoms with Gasteiger partial charge in [-0.3, -0.25) is 28.8 Å². The van der Waals surface area contributed by atoms with E-state index in [1.807, 2.05) is 20.9 Å². The van der Waals surface area contributed by atoms with Gasteiger partial charge in [0, 0.05) is 70.2 Å². The SMILES string of the molecule is CNC1CCCC1C(=O)N[C@@H](C)CC(=O)NC1CNCC1C(=O)NC1CNCC1C(=O)N[C@H](CC(=O)NC1CNCC1C(N)=O)C(C)C. The Morgan fingerprint density at radius 2 is 1.15 bits per heavy atom. The molecule has 8 unspecified atom stereocenters. The van der Waals surface area contributed by atoms with Crippen molar-refractivity contribution in [2.24, 2.45) is 35.3 Å². The predicted molar refractivity (Wildman–Crippen MR) is 178 cm³/mol. The second-order valence-electron chi connectivity index (χ2n) is 14.3. The molecule has 4 fully saturated rings. The Balaban J connectivity index is 1.24. The molecule has 0 radical (unpaired) electrons. The van der Waals surface area contributed by atoms with Gasteiger partial charge < -0.3 is 53.6 Å². The molecule has 3 heterocycles. The zero-order chi connectivity index (χ0) is 35.0. The summed E-state index contributed by atoms with van der Waals surface area (Å²) in [6.45, 7) is 8.07. The molecule has 4 rings (SSSR count). The zero-order valence-corrected chi connectivity index (χ0v) is 28.7. The molecule has 16 heteroatoms. The maximum Gasteiger partial charge on any atom is 0.226 e. The summed E-state index contributed by atoms with van der Waals surface area (Å²) < 4.78 is 0. The Kier molecular flexibility index (Phi) is 13.6. The molecule has 48 heavy (non-hydrogen) atoms. The van der Waals surface area contributed by atoms with Crippen LogP contribution in [0.2, 0.25) is 0 Å². The summed E-state index contributed by atoms with van der Waals surface area (Å²) in [6.07, 6.45) is 2.92. The molecule has 0 bridgehead atoms. The van der Waals surface area contributed by atoms with Crippen LogP contribution in [-0.2, 0) is 28.8 Å². The van der Waals surface area contributed by atoms with Crippen LogP contribution in [0.4, 0.5) is 0 Å². The van der Waals surface area contributed by atoms with Gasteiger partial charge in [-0.15, -0.1) is 0 Å². The number of carbonyl (C=O) groups is 6. The van der Waals surface area contributed by atoms with Crippen molar-refractivity contribution < 1.29 is 28.8 Å². The fourth-order valence-electron chi connectivity index (χ4n) is 7.40. The molecule has 6 amide bonds. The van der Waals surface area contributed by atoms with Crippen LogP contribution >= 0.6 is 0 Å². The number of hydrogen-bond donors (Lipinski definition) is 10. The highest BCUT2D eigenvalue weighted by Crippen LogP contribution is 2.25. The number of carbonyl (C=O) groups excluding carboxylic acids is 6. The van der Waals surface area contributed by atoms with Crippen molar-refractivity contribution in [3.63, 3.8) is 0 Å². The van der Waals surface area contributed by atoms with Gasteiger partial charge in [-0.25, -0.2) is 0 Å². The first-order chi connectivity index (χ1) is 22.9. The van der Waals surface area contributed by atoms with Gasteiger partial charge in [0.1, 0.15) is 0 Å². The molecule has 11 N–H and O–H groups in total. The maximum absolute atomic E-state index is 13.4. The largest absolute Gasteiger partial charge is 0.369 e. The average Bonchev–Trinajstić information content (AvgIpc) is 3.83. The van der Waals surface area contributed by atoms with Gasteiger partial charge in [-0.1, -0.05) is 20.3 Å². The summed E-state index contributed by atoms with van der Waals surface area (Å²) >= 11 is 0. The van der Waals surface area contributed by atoms with E-state index in [4.69, 9.17) is 5.73 Å². The zero-order valence-electron chi connectivity index (χ0n) is 28.7. The number of nitrogens with one attached hydrogen (secondary N) is 9. The number of rotatable bonds is 15. The molecule has 3 aliphatic heterocycles. The fraction of sp³-hybridized carbons (Fsp3) is 0.812. The third-order valence-electron chi connectivity index (χ3n) is 10.3. The minimum atomic E-state index is -0.550. The highest BCUT2D eigenvalue weighted by Gasteiger charge is 2.40. The summed E-state index contributed by atoms with van der Waals surface area (Å²) in [6, 6.07) is -1.95. The van der Waals surface area contributed by atoms with E-state index in [0.717, 1.165) is 19.3 Å². The average molecular weight is 677 g/mol. The number of primary amides is 1. The monoisotopic (exact) mass is 676 g/mol. The van der Waals surface area contributed by atoms with E-state index in [2.05, 4.69) is 47.9 Å². The molecule has 1 saturated carbocycles. The molecular weight excluding hydrogens is 620 g/mol. The van der Waals surface area contributed by atoms with E-state index in [0.29, 0.717) is 39.3 Å². The lowest BCUT2D eigenvalue weighted by molar-refractivity contribution is -0.129. The van der Waals surface area contributed by atoms with Crippen molar-refractivity contribution in [1.29, 1.82) is 0 Å². The summed E-state index contributed by atoms with van der Waals surface area (Å²) in [5.74, 6) is -3.27. The number of nitrogens with two attached hydrogens (primary N) is 1. The predicted octanol–water partition coefficient (Wildman–Crippen LogP) is -3.60. The van der Waals surface area contributed by atoms with E-state index in [-0.39, 0.29) is 66.3 Å². The smallest absolute Gasteiger partial charge is 0.226 e. The van der Waals surface area contributed by atoms with Gasteiger partial charge in [0.25, 0.3) is 0 Å². The molecule has 0 aromatic heterocycles. The van der Waals surface area contributed by atoms with Crippen molar-refractivity contribution in [1.82, 2.24) is 47.9 Å². The van der Waals surface area contributed by atoms with Gasteiger partial charge in [-0.2, -0.15) is 0 Å². The van der Waals surface area contributed by atoms with Crippen LogP contribution in [0.5, 0.6) is 0 Å². The second kappa shape index (κ2) is 17.4. The first kappa shape index (κ1) is 37.5. The van der Waals surface area contributed by atoms with Crippen molar-refractivity contribution in [3.8, 4) is 0 Å². The minimum absolute atomic E-state index is 0.0387. The molecular formula is C32H56N10O6. The molecule has 270 valence electrons. The Morgan fingerprint density at radius 3 is 1.73 bits per heavy atom. The molecule has 3 saturated heterocycles. The topological polar surface area (TPSA) is 237 Å². The molecule has 1 aliphatic carbocycles. The van der Waals surface area contributed by atoms with E-state index in [1.165, 1.54) is 0 Å². The van der Waals surface area contributed by atoms with Crippen LogP contribution in [0.15, 0.2) is 0 Å². The van der Waals surface area contributed by atoms with E-state index < -0.39 is 47.8 Å². The third-order valence-corrected chi connectivity index (χ3v) is 10.3. The lowest BCUT2D eigenvalue weighted by atomic mass is 9.96.